The number of benzene rings is 1. The molecule has 0 spiro atoms. The third-order valence-corrected chi connectivity index (χ3v) is 2.61. The predicted octanol–water partition coefficient (Wildman–Crippen LogP) is 1.43. The minimum absolute atomic E-state index is 0.0306. The second-order valence-corrected chi connectivity index (χ2v) is 3.81. The lowest BCUT2D eigenvalue weighted by Gasteiger charge is -2.30. The number of alkyl halides is 3. The van der Waals surface area contributed by atoms with Crippen molar-refractivity contribution < 1.29 is 22.7 Å². The Labute approximate surface area is 101 Å². The minimum Gasteiger partial charge on any atom is -0.490 e. The van der Waals surface area contributed by atoms with E-state index in [9.17, 15) is 18.0 Å². The van der Waals surface area contributed by atoms with Crippen LogP contribution < -0.4 is 15.4 Å². The van der Waals surface area contributed by atoms with E-state index in [-0.39, 0.29) is 31.1 Å². The molecule has 0 aromatic heterocycles. The Morgan fingerprint density at radius 1 is 1.44 bits per heavy atom. The van der Waals surface area contributed by atoms with Gasteiger partial charge in [-0.1, -0.05) is 6.07 Å². The summed E-state index contributed by atoms with van der Waals surface area (Å²) in [6.45, 7) is 0.167. The molecule has 2 rings (SSSR count). The average Bonchev–Trinajstić information content (AvgIpc) is 2.35. The fourth-order valence-electron chi connectivity index (χ4n) is 1.76. The van der Waals surface area contributed by atoms with Gasteiger partial charge in [-0.3, -0.25) is 9.69 Å². The van der Waals surface area contributed by atoms with Gasteiger partial charge in [0.15, 0.2) is 0 Å². The van der Waals surface area contributed by atoms with E-state index in [1.807, 2.05) is 0 Å². The molecule has 0 atom stereocenters. The van der Waals surface area contributed by atoms with Gasteiger partial charge in [-0.05, 0) is 17.7 Å². The number of fused-ring (bicyclic) bond motifs is 1. The number of nitrogens with zero attached hydrogens (tertiary/aromatic N) is 1. The van der Waals surface area contributed by atoms with E-state index in [0.717, 1.165) is 5.56 Å². The fourth-order valence-corrected chi connectivity index (χ4v) is 1.76. The molecule has 0 bridgehead atoms. The Balaban J connectivity index is 2.37. The van der Waals surface area contributed by atoms with Gasteiger partial charge in [0.25, 0.3) is 0 Å². The van der Waals surface area contributed by atoms with Gasteiger partial charge in [0, 0.05) is 6.54 Å². The van der Waals surface area contributed by atoms with E-state index in [2.05, 4.69) is 0 Å². The normalized spacial score (nSPS) is 15.0. The fraction of sp³-hybridized carbons (Fsp3) is 0.364. The van der Waals surface area contributed by atoms with Gasteiger partial charge in [-0.15, -0.1) is 0 Å². The number of amides is 1. The zero-order valence-corrected chi connectivity index (χ0v) is 9.33. The largest absolute Gasteiger partial charge is 0.490 e. The van der Waals surface area contributed by atoms with Crippen LogP contribution in [0.2, 0.25) is 0 Å². The summed E-state index contributed by atoms with van der Waals surface area (Å²) in [4.78, 5) is 11.9. The molecule has 0 radical (unpaired) electrons. The molecule has 1 aliphatic heterocycles. The van der Waals surface area contributed by atoms with Crippen LogP contribution in [0.1, 0.15) is 5.56 Å². The third-order valence-electron chi connectivity index (χ3n) is 2.61. The molecule has 1 aromatic carbocycles. The first-order valence-electron chi connectivity index (χ1n) is 5.28. The van der Waals surface area contributed by atoms with Crippen LogP contribution in [0.3, 0.4) is 0 Å². The Hall–Kier alpha value is -1.76. The van der Waals surface area contributed by atoms with E-state index in [1.54, 1.807) is 12.1 Å². The van der Waals surface area contributed by atoms with Crippen LogP contribution in [0.15, 0.2) is 18.2 Å². The molecule has 0 saturated heterocycles. The SMILES string of the molecule is NCc1ccc2c(c1)OCCN2C(=O)C(F)(F)F. The Bertz CT molecular complexity index is 474. The van der Waals surface area contributed by atoms with Crippen LogP contribution in [-0.4, -0.2) is 25.2 Å². The quantitative estimate of drug-likeness (QED) is 0.831. The maximum Gasteiger partial charge on any atom is 0.471 e. The zero-order chi connectivity index (χ0) is 13.3. The van der Waals surface area contributed by atoms with Crippen molar-refractivity contribution in [3.05, 3.63) is 23.8 Å². The van der Waals surface area contributed by atoms with Crippen LogP contribution in [-0.2, 0) is 11.3 Å². The van der Waals surface area contributed by atoms with Crippen LogP contribution in [0.5, 0.6) is 5.75 Å². The first kappa shape index (κ1) is 12.7. The molecule has 1 heterocycles. The number of ether oxygens (including phenoxy) is 1. The molecule has 4 nitrogen and oxygen atoms in total. The minimum atomic E-state index is -4.89. The van der Waals surface area contributed by atoms with Crippen LogP contribution in [0.25, 0.3) is 0 Å². The monoisotopic (exact) mass is 260 g/mol. The van der Waals surface area contributed by atoms with Crippen molar-refractivity contribution in [2.45, 2.75) is 12.7 Å². The molecule has 1 aromatic rings. The second-order valence-electron chi connectivity index (χ2n) is 3.81. The van der Waals surface area contributed by atoms with E-state index < -0.39 is 12.1 Å². The van der Waals surface area contributed by atoms with E-state index >= 15 is 0 Å². The topological polar surface area (TPSA) is 55.6 Å². The van der Waals surface area contributed by atoms with Crippen molar-refractivity contribution in [3.8, 4) is 5.75 Å². The van der Waals surface area contributed by atoms with Gasteiger partial charge in [0.2, 0.25) is 0 Å². The summed E-state index contributed by atoms with van der Waals surface area (Å²) in [5.74, 6) is -1.63. The van der Waals surface area contributed by atoms with Crippen molar-refractivity contribution in [1.82, 2.24) is 0 Å². The van der Waals surface area contributed by atoms with Crippen molar-refractivity contribution in [2.24, 2.45) is 5.73 Å². The average molecular weight is 260 g/mol. The molecule has 0 fully saturated rings. The van der Waals surface area contributed by atoms with Gasteiger partial charge >= 0.3 is 12.1 Å². The van der Waals surface area contributed by atoms with Gasteiger partial charge in [0.1, 0.15) is 12.4 Å². The maximum atomic E-state index is 12.4. The maximum absolute atomic E-state index is 12.4. The van der Waals surface area contributed by atoms with Crippen LogP contribution in [0, 0.1) is 0 Å². The number of hydrogen-bond donors (Lipinski definition) is 1. The summed E-state index contributed by atoms with van der Waals surface area (Å²) in [6.07, 6.45) is -4.89. The number of nitrogens with two attached hydrogens (primary N) is 1. The van der Waals surface area contributed by atoms with Gasteiger partial charge in [-0.2, -0.15) is 13.2 Å². The number of anilines is 1. The van der Waals surface area contributed by atoms with Crippen molar-refractivity contribution in [1.29, 1.82) is 0 Å². The smallest absolute Gasteiger partial charge is 0.471 e. The number of rotatable bonds is 1. The number of carbonyl (C=O) groups excluding carboxylic acids is 1. The van der Waals surface area contributed by atoms with E-state index in [4.69, 9.17) is 10.5 Å². The van der Waals surface area contributed by atoms with E-state index in [1.165, 1.54) is 6.07 Å². The van der Waals surface area contributed by atoms with Crippen molar-refractivity contribution in [2.75, 3.05) is 18.1 Å². The molecule has 2 N–H and O–H groups in total. The third kappa shape index (κ3) is 2.26. The molecule has 0 saturated carbocycles. The van der Waals surface area contributed by atoms with Gasteiger partial charge in [0.05, 0.1) is 12.2 Å². The van der Waals surface area contributed by atoms with Gasteiger partial charge < -0.3 is 10.5 Å². The summed E-state index contributed by atoms with van der Waals surface area (Å²) in [5, 5.41) is 0. The standard InChI is InChI=1S/C11H11F3N2O2/c12-11(13,14)10(17)16-3-4-18-9-5-7(6-15)1-2-8(9)16/h1-2,5H,3-4,6,15H2. The summed E-state index contributed by atoms with van der Waals surface area (Å²) in [5.41, 5.74) is 6.29. The van der Waals surface area contributed by atoms with E-state index in [0.29, 0.717) is 4.90 Å². The lowest BCUT2D eigenvalue weighted by atomic mass is 10.1. The first-order valence-corrected chi connectivity index (χ1v) is 5.28. The molecule has 7 heteroatoms. The summed E-state index contributed by atoms with van der Waals surface area (Å²) in [6, 6.07) is 4.54. The summed E-state index contributed by atoms with van der Waals surface area (Å²) in [7, 11) is 0. The molecule has 18 heavy (non-hydrogen) atoms. The molecule has 0 unspecified atom stereocenters. The Kier molecular flexibility index (Phi) is 3.16. The van der Waals surface area contributed by atoms with Crippen LogP contribution in [0.4, 0.5) is 18.9 Å². The second kappa shape index (κ2) is 4.49. The van der Waals surface area contributed by atoms with Gasteiger partial charge in [-0.25, -0.2) is 0 Å². The lowest BCUT2D eigenvalue weighted by Crippen LogP contribution is -2.45. The Morgan fingerprint density at radius 3 is 2.78 bits per heavy atom. The Morgan fingerprint density at radius 2 is 2.17 bits per heavy atom. The highest BCUT2D eigenvalue weighted by molar-refractivity contribution is 5.98. The summed E-state index contributed by atoms with van der Waals surface area (Å²) >= 11 is 0. The summed E-state index contributed by atoms with van der Waals surface area (Å²) < 4.78 is 42.5. The molecule has 1 amide bonds. The number of hydrogen-bond acceptors (Lipinski definition) is 3. The molecular formula is C11H11F3N2O2. The molecule has 98 valence electrons. The van der Waals surface area contributed by atoms with Crippen molar-refractivity contribution >= 4 is 11.6 Å². The highest BCUT2D eigenvalue weighted by Crippen LogP contribution is 2.34. The lowest BCUT2D eigenvalue weighted by molar-refractivity contribution is -0.170. The van der Waals surface area contributed by atoms with Crippen molar-refractivity contribution in [3.63, 3.8) is 0 Å². The highest BCUT2D eigenvalue weighted by atomic mass is 19.4. The molecule has 0 aliphatic carbocycles. The first-order chi connectivity index (χ1) is 8.43. The number of carbonyl (C=O) groups is 1. The highest BCUT2D eigenvalue weighted by Gasteiger charge is 2.44. The van der Waals surface area contributed by atoms with Crippen LogP contribution >= 0.6 is 0 Å². The number of halogens is 3. The zero-order valence-electron chi connectivity index (χ0n) is 9.33. The predicted molar refractivity (Wildman–Crippen MR) is 58.2 cm³/mol. The molecule has 1 aliphatic rings. The molecular weight excluding hydrogens is 249 g/mol.